The molecule has 0 radical (unpaired) electrons. The topological polar surface area (TPSA) is 29.1 Å². The third-order valence-electron chi connectivity index (χ3n) is 4.25. The molecule has 0 saturated heterocycles. The minimum absolute atomic E-state index is 0. The quantitative estimate of drug-likeness (QED) is 0.562. The zero-order chi connectivity index (χ0) is 13.1. The maximum Gasteiger partial charge on any atom is -1.00 e. The van der Waals surface area contributed by atoms with Gasteiger partial charge in [0.2, 0.25) is 0 Å². The summed E-state index contributed by atoms with van der Waals surface area (Å²) in [5, 5.41) is 0. The van der Waals surface area contributed by atoms with Crippen LogP contribution in [0.4, 0.5) is 0 Å². The van der Waals surface area contributed by atoms with Crippen molar-refractivity contribution < 1.29 is 49.0 Å². The second kappa shape index (κ2) is 9.30. The number of amides is 1. The maximum atomic E-state index is 12.1. The molecule has 0 aromatic rings. The standard InChI is InChI=1S/C8H11.C7H13NO.2ClH.Ti/c1-6-4-7(2)8(3)5-6;8-7(9)6-4-2-1-3-5-6;;;/h4,6H,1-3H3;6H,1-5H2,(H2,8,9);2*1H;/q;;;;+3/p-3. The Balaban J connectivity index is 0.00000180. The number of nitrogens with one attached hydrogen (secondary N) is 1. The number of hydrogen-bond acceptors (Lipinski definition) is 1. The van der Waals surface area contributed by atoms with Gasteiger partial charge in [-0.1, -0.05) is 0 Å². The van der Waals surface area contributed by atoms with E-state index in [0.29, 0.717) is 17.7 Å². The molecular formula is C15H23Cl2NOTi. The molecule has 0 heterocycles. The summed E-state index contributed by atoms with van der Waals surface area (Å²) in [5.74, 6) is 1.16. The van der Waals surface area contributed by atoms with Crippen LogP contribution >= 0.6 is 0 Å². The molecule has 5 heteroatoms. The summed E-state index contributed by atoms with van der Waals surface area (Å²) in [7, 11) is 0. The maximum absolute atomic E-state index is 12.1. The van der Waals surface area contributed by atoms with Crippen LogP contribution < -0.4 is 28.6 Å². The van der Waals surface area contributed by atoms with Gasteiger partial charge in [0.15, 0.2) is 0 Å². The van der Waals surface area contributed by atoms with Gasteiger partial charge < -0.3 is 24.8 Å². The molecule has 0 bridgehead atoms. The molecule has 20 heavy (non-hydrogen) atoms. The summed E-state index contributed by atoms with van der Waals surface area (Å²) in [6.45, 7) is 6.61. The molecule has 1 fully saturated rings. The summed E-state index contributed by atoms with van der Waals surface area (Å²) in [5.41, 5.74) is 2.82. The van der Waals surface area contributed by atoms with Gasteiger partial charge in [0.05, 0.1) is 0 Å². The Hall–Kier alpha value is 0.244. The third kappa shape index (κ3) is 4.91. The van der Waals surface area contributed by atoms with Crippen LogP contribution in [0.2, 0.25) is 0 Å². The second-order valence-electron chi connectivity index (χ2n) is 5.63. The average Bonchev–Trinajstić information content (AvgIpc) is 2.62. The Morgan fingerprint density at radius 2 is 1.80 bits per heavy atom. The van der Waals surface area contributed by atoms with Gasteiger partial charge >= 0.3 is 120 Å². The molecule has 1 N–H and O–H groups in total. The van der Waals surface area contributed by atoms with Crippen LogP contribution in [-0.2, 0) is 24.2 Å². The van der Waals surface area contributed by atoms with E-state index in [-0.39, 0.29) is 24.8 Å². The summed E-state index contributed by atoms with van der Waals surface area (Å²) in [4.78, 5) is 12.1. The Morgan fingerprint density at radius 1 is 1.20 bits per heavy atom. The van der Waals surface area contributed by atoms with Crippen molar-refractivity contribution in [1.29, 1.82) is 0 Å². The van der Waals surface area contributed by atoms with Gasteiger partial charge in [0.25, 0.3) is 0 Å². The fraction of sp³-hybridized carbons (Fsp3) is 0.667. The molecule has 0 spiro atoms. The molecule has 2 aliphatic rings. The van der Waals surface area contributed by atoms with Crippen molar-refractivity contribution in [3.63, 3.8) is 0 Å². The molecule has 2 aliphatic carbocycles. The van der Waals surface area contributed by atoms with E-state index in [1.54, 1.807) is 0 Å². The predicted octanol–water partition coefficient (Wildman–Crippen LogP) is -2.44. The van der Waals surface area contributed by atoms with E-state index in [9.17, 15) is 4.79 Å². The second-order valence-corrected chi connectivity index (χ2v) is 7.25. The van der Waals surface area contributed by atoms with E-state index in [1.165, 1.54) is 34.3 Å². The van der Waals surface area contributed by atoms with Crippen LogP contribution in [-0.4, -0.2) is 5.91 Å². The van der Waals surface area contributed by atoms with Crippen LogP contribution in [0.25, 0.3) is 0 Å². The zero-order valence-electron chi connectivity index (χ0n) is 12.4. The van der Waals surface area contributed by atoms with Crippen LogP contribution in [0.3, 0.4) is 0 Å². The Kier molecular flexibility index (Phi) is 9.41. The van der Waals surface area contributed by atoms with E-state index in [2.05, 4.69) is 30.6 Å². The molecule has 1 unspecified atom stereocenters. The van der Waals surface area contributed by atoms with Crippen LogP contribution in [0, 0.1) is 11.8 Å². The van der Waals surface area contributed by atoms with Gasteiger partial charge in [0.1, 0.15) is 0 Å². The fourth-order valence-electron chi connectivity index (χ4n) is 2.94. The van der Waals surface area contributed by atoms with Crippen molar-refractivity contribution in [3.05, 3.63) is 21.1 Å². The molecule has 0 aromatic carbocycles. The Labute approximate surface area is 144 Å². The van der Waals surface area contributed by atoms with Crippen LogP contribution in [0.5, 0.6) is 0 Å². The summed E-state index contributed by atoms with van der Waals surface area (Å²) in [6, 6.07) is 0. The molecule has 112 valence electrons. The SMILES string of the molecule is CC1=CC(C)[C]([Ti+2][NH]C(=O)C2CCCCC2)=C1C.[Cl-].[Cl-]. The Morgan fingerprint density at radius 3 is 2.30 bits per heavy atom. The molecule has 2 rings (SSSR count). The largest absolute Gasteiger partial charge is 1.00 e. The minimum atomic E-state index is -0.470. The van der Waals surface area contributed by atoms with Crippen molar-refractivity contribution in [1.82, 2.24) is 3.80 Å². The molecule has 0 aromatic heterocycles. The van der Waals surface area contributed by atoms with Gasteiger partial charge in [-0.25, -0.2) is 0 Å². The van der Waals surface area contributed by atoms with Gasteiger partial charge in [0, 0.05) is 0 Å². The molecule has 1 amide bonds. The number of carbonyl (C=O) groups excluding carboxylic acids is 1. The summed E-state index contributed by atoms with van der Waals surface area (Å²) < 4.78 is 4.78. The van der Waals surface area contributed by atoms with E-state index >= 15 is 0 Å². The average molecular weight is 352 g/mol. The molecule has 1 saturated carbocycles. The fourth-order valence-corrected chi connectivity index (χ4v) is 4.75. The monoisotopic (exact) mass is 351 g/mol. The van der Waals surface area contributed by atoms with Crippen LogP contribution in [0.15, 0.2) is 21.1 Å². The normalized spacial score (nSPS) is 22.4. The number of carbonyl (C=O) groups is 1. The first-order chi connectivity index (χ1) is 8.59. The van der Waals surface area contributed by atoms with Crippen molar-refractivity contribution in [2.45, 2.75) is 52.9 Å². The summed E-state index contributed by atoms with van der Waals surface area (Å²) >= 11 is -0.470. The molecule has 2 nitrogen and oxygen atoms in total. The van der Waals surface area contributed by atoms with Crippen molar-refractivity contribution in [2.75, 3.05) is 0 Å². The third-order valence-corrected chi connectivity index (χ3v) is 6.54. The number of hydrogen-bond donors (Lipinski definition) is 1. The zero-order valence-corrected chi connectivity index (χ0v) is 15.5. The van der Waals surface area contributed by atoms with E-state index in [4.69, 9.17) is 0 Å². The predicted molar refractivity (Wildman–Crippen MR) is 70.3 cm³/mol. The molecule has 0 aliphatic heterocycles. The van der Waals surface area contributed by atoms with Gasteiger partial charge in [-0.3, -0.25) is 0 Å². The number of halogens is 2. The van der Waals surface area contributed by atoms with Gasteiger partial charge in [-0.2, -0.15) is 0 Å². The van der Waals surface area contributed by atoms with Crippen molar-refractivity contribution in [2.24, 2.45) is 11.8 Å². The van der Waals surface area contributed by atoms with E-state index < -0.39 is 19.4 Å². The number of rotatable bonds is 3. The number of allylic oxidation sites excluding steroid dienone is 4. The van der Waals surface area contributed by atoms with Gasteiger partial charge in [-0.05, 0) is 0 Å². The minimum Gasteiger partial charge on any atom is -1.00 e. The molecule has 1 atom stereocenters. The van der Waals surface area contributed by atoms with Crippen molar-refractivity contribution >= 4 is 5.91 Å². The first kappa shape index (κ1) is 20.2. The van der Waals surface area contributed by atoms with Crippen LogP contribution in [0.1, 0.15) is 52.9 Å². The van der Waals surface area contributed by atoms with Crippen molar-refractivity contribution in [3.8, 4) is 0 Å². The van der Waals surface area contributed by atoms with Gasteiger partial charge in [-0.15, -0.1) is 0 Å². The Bertz CT molecular complexity index is 401. The van der Waals surface area contributed by atoms with E-state index in [0.717, 1.165) is 12.8 Å². The molecular weight excluding hydrogens is 329 g/mol. The van der Waals surface area contributed by atoms with E-state index in [1.807, 2.05) is 0 Å². The first-order valence-corrected chi connectivity index (χ1v) is 8.61. The first-order valence-electron chi connectivity index (χ1n) is 7.05. The summed E-state index contributed by atoms with van der Waals surface area (Å²) in [6.07, 6.45) is 8.30. The smallest absolute Gasteiger partial charge is 1.00 e.